The molecule has 0 saturated heterocycles. The summed E-state index contributed by atoms with van der Waals surface area (Å²) in [5.74, 6) is -0.613. The standard InChI is InChI=1S/C13H16N2O4/c1-8(2)12(16)7-14-13(17)10-4-5-11(15(18)19)9(3)6-10/h4-6,8H,7H2,1-3H3,(H,14,17). The fourth-order valence-corrected chi connectivity index (χ4v) is 1.48. The average molecular weight is 264 g/mol. The number of nitrogens with one attached hydrogen (secondary N) is 1. The van der Waals surface area contributed by atoms with Crippen LogP contribution < -0.4 is 5.32 Å². The predicted molar refractivity (Wildman–Crippen MR) is 70.0 cm³/mol. The van der Waals surface area contributed by atoms with Crippen molar-refractivity contribution >= 4 is 17.4 Å². The van der Waals surface area contributed by atoms with E-state index in [1.54, 1.807) is 20.8 Å². The molecular formula is C13H16N2O4. The molecule has 0 saturated carbocycles. The number of carbonyl (C=O) groups excluding carboxylic acids is 2. The molecule has 19 heavy (non-hydrogen) atoms. The van der Waals surface area contributed by atoms with Gasteiger partial charge in [-0.1, -0.05) is 13.8 Å². The van der Waals surface area contributed by atoms with Crippen LogP contribution in [0.25, 0.3) is 0 Å². The summed E-state index contributed by atoms with van der Waals surface area (Å²) in [6.45, 7) is 5.04. The zero-order valence-corrected chi connectivity index (χ0v) is 11.1. The highest BCUT2D eigenvalue weighted by molar-refractivity contribution is 5.97. The van der Waals surface area contributed by atoms with Crippen LogP contribution in [0, 0.1) is 23.0 Å². The van der Waals surface area contributed by atoms with Crippen molar-refractivity contribution in [2.45, 2.75) is 20.8 Å². The third kappa shape index (κ3) is 3.87. The highest BCUT2D eigenvalue weighted by Crippen LogP contribution is 2.18. The van der Waals surface area contributed by atoms with Crippen LogP contribution in [-0.2, 0) is 4.79 Å². The SMILES string of the molecule is Cc1cc(C(=O)NCC(=O)C(C)C)ccc1[N+](=O)[O-]. The number of rotatable bonds is 5. The molecule has 6 heteroatoms. The van der Waals surface area contributed by atoms with Gasteiger partial charge in [0.25, 0.3) is 11.6 Å². The number of ketones is 1. The minimum absolute atomic E-state index is 0.0326. The summed E-state index contributed by atoms with van der Waals surface area (Å²) in [6.07, 6.45) is 0. The Hall–Kier alpha value is -2.24. The molecule has 0 atom stereocenters. The van der Waals surface area contributed by atoms with Crippen LogP contribution in [0.1, 0.15) is 29.8 Å². The molecule has 0 aliphatic heterocycles. The fraction of sp³-hybridized carbons (Fsp3) is 0.385. The van der Waals surface area contributed by atoms with E-state index in [0.717, 1.165) is 0 Å². The van der Waals surface area contributed by atoms with Crippen LogP contribution in [0.2, 0.25) is 0 Å². The molecule has 0 heterocycles. The van der Waals surface area contributed by atoms with Crippen molar-refractivity contribution in [3.63, 3.8) is 0 Å². The summed E-state index contributed by atoms with van der Waals surface area (Å²) in [5.41, 5.74) is 0.683. The molecule has 0 fully saturated rings. The molecule has 102 valence electrons. The Morgan fingerprint density at radius 3 is 2.47 bits per heavy atom. The second-order valence-electron chi connectivity index (χ2n) is 4.56. The Morgan fingerprint density at radius 1 is 1.37 bits per heavy atom. The molecule has 1 rings (SSSR count). The van der Waals surface area contributed by atoms with Gasteiger partial charge in [0, 0.05) is 23.1 Å². The van der Waals surface area contributed by atoms with Crippen LogP contribution >= 0.6 is 0 Å². The van der Waals surface area contributed by atoms with Crippen LogP contribution in [0.15, 0.2) is 18.2 Å². The Labute approximate surface area is 111 Å². The first-order valence-corrected chi connectivity index (χ1v) is 5.89. The zero-order chi connectivity index (χ0) is 14.6. The van der Waals surface area contributed by atoms with E-state index >= 15 is 0 Å². The van der Waals surface area contributed by atoms with Gasteiger partial charge in [-0.25, -0.2) is 0 Å². The van der Waals surface area contributed by atoms with Crippen molar-refractivity contribution in [2.24, 2.45) is 5.92 Å². The van der Waals surface area contributed by atoms with Crippen molar-refractivity contribution in [3.8, 4) is 0 Å². The monoisotopic (exact) mass is 264 g/mol. The number of hydrogen-bond donors (Lipinski definition) is 1. The quantitative estimate of drug-likeness (QED) is 0.649. The van der Waals surface area contributed by atoms with Gasteiger partial charge in [0.2, 0.25) is 0 Å². The maximum atomic E-state index is 11.8. The van der Waals surface area contributed by atoms with Crippen molar-refractivity contribution in [3.05, 3.63) is 39.4 Å². The molecule has 1 amide bonds. The summed E-state index contributed by atoms with van der Waals surface area (Å²) in [4.78, 5) is 33.3. The zero-order valence-electron chi connectivity index (χ0n) is 11.1. The third-order valence-electron chi connectivity index (χ3n) is 2.72. The number of nitro groups is 1. The number of nitrogens with zero attached hydrogens (tertiary/aromatic N) is 1. The summed E-state index contributed by atoms with van der Waals surface area (Å²) >= 11 is 0. The molecular weight excluding hydrogens is 248 g/mol. The number of aryl methyl sites for hydroxylation is 1. The van der Waals surface area contributed by atoms with Crippen molar-refractivity contribution in [2.75, 3.05) is 6.54 Å². The molecule has 1 aromatic rings. The molecule has 1 N–H and O–H groups in total. The molecule has 0 aromatic heterocycles. The summed E-state index contributed by atoms with van der Waals surface area (Å²) in [5, 5.41) is 13.2. The summed E-state index contributed by atoms with van der Waals surface area (Å²) < 4.78 is 0. The first-order valence-electron chi connectivity index (χ1n) is 5.89. The van der Waals surface area contributed by atoms with E-state index in [1.165, 1.54) is 18.2 Å². The minimum atomic E-state index is -0.501. The van der Waals surface area contributed by atoms with Gasteiger partial charge in [-0.15, -0.1) is 0 Å². The number of hydrogen-bond acceptors (Lipinski definition) is 4. The van der Waals surface area contributed by atoms with Gasteiger partial charge < -0.3 is 5.32 Å². The number of carbonyl (C=O) groups is 2. The highest BCUT2D eigenvalue weighted by atomic mass is 16.6. The van der Waals surface area contributed by atoms with Gasteiger partial charge in [0.1, 0.15) is 0 Å². The molecule has 0 aliphatic rings. The number of nitro benzene ring substituents is 1. The van der Waals surface area contributed by atoms with E-state index in [1.807, 2.05) is 0 Å². The van der Waals surface area contributed by atoms with Crippen molar-refractivity contribution in [1.29, 1.82) is 0 Å². The normalized spacial score (nSPS) is 10.3. The smallest absolute Gasteiger partial charge is 0.272 e. The Morgan fingerprint density at radius 2 is 2.00 bits per heavy atom. The van der Waals surface area contributed by atoms with Gasteiger partial charge in [0.15, 0.2) is 5.78 Å². The largest absolute Gasteiger partial charge is 0.345 e. The molecule has 0 unspecified atom stereocenters. The maximum Gasteiger partial charge on any atom is 0.272 e. The van der Waals surface area contributed by atoms with Gasteiger partial charge in [-0.2, -0.15) is 0 Å². The van der Waals surface area contributed by atoms with E-state index in [2.05, 4.69) is 5.32 Å². The topological polar surface area (TPSA) is 89.3 Å². The lowest BCUT2D eigenvalue weighted by Gasteiger charge is -2.07. The molecule has 6 nitrogen and oxygen atoms in total. The Kier molecular flexibility index (Phi) is 4.74. The van der Waals surface area contributed by atoms with E-state index in [0.29, 0.717) is 11.1 Å². The molecule has 0 bridgehead atoms. The maximum absolute atomic E-state index is 11.8. The number of amides is 1. The lowest BCUT2D eigenvalue weighted by atomic mass is 10.1. The third-order valence-corrected chi connectivity index (χ3v) is 2.72. The second kappa shape index (κ2) is 6.08. The Bertz CT molecular complexity index is 523. The van der Waals surface area contributed by atoms with E-state index < -0.39 is 10.8 Å². The fourth-order valence-electron chi connectivity index (χ4n) is 1.48. The molecule has 1 aromatic carbocycles. The van der Waals surface area contributed by atoms with Crippen molar-refractivity contribution in [1.82, 2.24) is 5.32 Å². The van der Waals surface area contributed by atoms with Crippen LogP contribution in [0.3, 0.4) is 0 Å². The number of benzene rings is 1. The van der Waals surface area contributed by atoms with E-state index in [9.17, 15) is 19.7 Å². The van der Waals surface area contributed by atoms with E-state index in [-0.39, 0.29) is 23.9 Å². The van der Waals surface area contributed by atoms with Crippen LogP contribution in [0.4, 0.5) is 5.69 Å². The molecule has 0 aliphatic carbocycles. The minimum Gasteiger partial charge on any atom is -0.345 e. The van der Waals surface area contributed by atoms with Gasteiger partial charge in [0.05, 0.1) is 11.5 Å². The molecule has 0 spiro atoms. The predicted octanol–water partition coefficient (Wildman–Crippen LogP) is 1.86. The number of Topliss-reactive ketones (excluding diaryl/α,β-unsaturated/α-hetero) is 1. The summed E-state index contributed by atoms with van der Waals surface area (Å²) in [7, 11) is 0. The van der Waals surface area contributed by atoms with E-state index in [4.69, 9.17) is 0 Å². The first kappa shape index (κ1) is 14.8. The lowest BCUT2D eigenvalue weighted by molar-refractivity contribution is -0.385. The van der Waals surface area contributed by atoms with Crippen LogP contribution in [0.5, 0.6) is 0 Å². The van der Waals surface area contributed by atoms with Gasteiger partial charge in [-0.3, -0.25) is 19.7 Å². The molecule has 0 radical (unpaired) electrons. The first-order chi connectivity index (χ1) is 8.82. The lowest BCUT2D eigenvalue weighted by Crippen LogP contribution is -2.31. The van der Waals surface area contributed by atoms with Crippen molar-refractivity contribution < 1.29 is 14.5 Å². The Balaban J connectivity index is 2.76. The van der Waals surface area contributed by atoms with Gasteiger partial charge >= 0.3 is 0 Å². The van der Waals surface area contributed by atoms with Gasteiger partial charge in [-0.05, 0) is 19.1 Å². The van der Waals surface area contributed by atoms with Crippen LogP contribution in [-0.4, -0.2) is 23.2 Å². The highest BCUT2D eigenvalue weighted by Gasteiger charge is 2.15. The second-order valence-corrected chi connectivity index (χ2v) is 4.56. The average Bonchev–Trinajstić information content (AvgIpc) is 2.34. The summed E-state index contributed by atoms with van der Waals surface area (Å²) in [6, 6.07) is 4.10.